The lowest BCUT2D eigenvalue weighted by Gasteiger charge is -1.90. The molecule has 0 fully saturated rings. The highest BCUT2D eigenvalue weighted by atomic mass is 14.7. The predicted octanol–water partition coefficient (Wildman–Crippen LogP) is 6.79. The van der Waals surface area contributed by atoms with E-state index in [1.165, 1.54) is 28.7 Å². The van der Waals surface area contributed by atoms with Crippen LogP contribution in [0.1, 0.15) is 55.1 Å². The van der Waals surface area contributed by atoms with Gasteiger partial charge in [-0.3, -0.25) is 15.0 Å². The van der Waals surface area contributed by atoms with Crippen molar-refractivity contribution in [3.05, 3.63) is 95.8 Å². The van der Waals surface area contributed by atoms with Crippen LogP contribution in [-0.4, -0.2) is 15.0 Å². The predicted molar refractivity (Wildman–Crippen MR) is 122 cm³/mol. The van der Waals surface area contributed by atoms with Gasteiger partial charge >= 0.3 is 0 Å². The fourth-order valence-electron chi connectivity index (χ4n) is 1.91. The molecular weight excluding hydrogens is 342 g/mol. The van der Waals surface area contributed by atoms with Gasteiger partial charge in [0, 0.05) is 31.0 Å². The Balaban J connectivity index is 0.000000365. The highest BCUT2D eigenvalue weighted by Crippen LogP contribution is 1.98. The van der Waals surface area contributed by atoms with Gasteiger partial charge in [-0.1, -0.05) is 52.0 Å². The summed E-state index contributed by atoms with van der Waals surface area (Å²) in [5.41, 5.74) is 5.86. The van der Waals surface area contributed by atoms with Crippen molar-refractivity contribution in [3.63, 3.8) is 0 Å². The Kier molecular flexibility index (Phi) is 14.7. The molecule has 0 aliphatic rings. The highest BCUT2D eigenvalue weighted by Gasteiger charge is 1.84. The lowest BCUT2D eigenvalue weighted by molar-refractivity contribution is 1.09. The first-order valence-electron chi connectivity index (χ1n) is 9.78. The van der Waals surface area contributed by atoms with Gasteiger partial charge in [0.1, 0.15) is 0 Å². The average molecular weight is 378 g/mol. The number of hydrogen-bond acceptors (Lipinski definition) is 3. The molecule has 0 aliphatic heterocycles. The number of rotatable bonds is 2. The number of aromatic nitrogens is 3. The summed E-state index contributed by atoms with van der Waals surface area (Å²) in [5, 5.41) is 0. The molecule has 0 N–H and O–H groups in total. The van der Waals surface area contributed by atoms with E-state index in [1.807, 2.05) is 63.8 Å². The summed E-state index contributed by atoms with van der Waals surface area (Å²) in [6, 6.07) is 10.1. The Morgan fingerprint density at radius 3 is 1.79 bits per heavy atom. The molecule has 3 aromatic heterocycles. The maximum atomic E-state index is 4.08. The van der Waals surface area contributed by atoms with Crippen LogP contribution in [0.5, 0.6) is 0 Å². The van der Waals surface area contributed by atoms with E-state index in [1.54, 1.807) is 12.3 Å². The van der Waals surface area contributed by atoms with Crippen LogP contribution in [0.15, 0.2) is 67.9 Å². The van der Waals surface area contributed by atoms with Crippen molar-refractivity contribution in [2.45, 2.75) is 54.4 Å². The molecule has 3 aromatic rings. The fourth-order valence-corrected chi connectivity index (χ4v) is 1.91. The smallest absolute Gasteiger partial charge is 0.0623 e. The monoisotopic (exact) mass is 377 g/mol. The molecule has 0 saturated carbocycles. The van der Waals surface area contributed by atoms with Crippen molar-refractivity contribution in [1.82, 2.24) is 15.0 Å². The number of aryl methyl sites for hydroxylation is 4. The molecular formula is C25H35N3. The topological polar surface area (TPSA) is 38.7 Å². The zero-order valence-electron chi connectivity index (χ0n) is 18.3. The second-order valence-corrected chi connectivity index (χ2v) is 6.43. The Morgan fingerprint density at radius 2 is 1.46 bits per heavy atom. The molecule has 3 rings (SSSR count). The van der Waals surface area contributed by atoms with E-state index in [4.69, 9.17) is 0 Å². The average Bonchev–Trinajstić information content (AvgIpc) is 2.71. The first-order chi connectivity index (χ1) is 13.5. The zero-order valence-corrected chi connectivity index (χ0v) is 18.3. The number of pyridine rings is 3. The molecule has 0 aliphatic carbocycles. The molecule has 0 spiro atoms. The second-order valence-electron chi connectivity index (χ2n) is 6.43. The van der Waals surface area contributed by atoms with E-state index in [0.29, 0.717) is 0 Å². The molecule has 3 heterocycles. The summed E-state index contributed by atoms with van der Waals surface area (Å²) in [5.74, 6) is 0. The maximum Gasteiger partial charge on any atom is 0.0623 e. The molecule has 0 amide bonds. The Bertz CT molecular complexity index is 733. The molecule has 0 bridgehead atoms. The minimum atomic E-state index is 0.931. The molecule has 0 aromatic carbocycles. The third-order valence-electron chi connectivity index (χ3n) is 3.29. The van der Waals surface area contributed by atoms with Crippen molar-refractivity contribution >= 4 is 6.08 Å². The Morgan fingerprint density at radius 1 is 0.821 bits per heavy atom. The lowest BCUT2D eigenvalue weighted by atomic mass is 10.2. The van der Waals surface area contributed by atoms with Crippen LogP contribution < -0.4 is 0 Å². The van der Waals surface area contributed by atoms with E-state index in [2.05, 4.69) is 54.4 Å². The van der Waals surface area contributed by atoms with Gasteiger partial charge in [0.25, 0.3) is 0 Å². The van der Waals surface area contributed by atoms with Gasteiger partial charge in [-0.25, -0.2) is 0 Å². The van der Waals surface area contributed by atoms with Crippen molar-refractivity contribution in [1.29, 1.82) is 0 Å². The van der Waals surface area contributed by atoms with Crippen LogP contribution in [-0.2, 0) is 6.42 Å². The summed E-state index contributed by atoms with van der Waals surface area (Å²) in [7, 11) is 0. The van der Waals surface area contributed by atoms with E-state index in [9.17, 15) is 0 Å². The van der Waals surface area contributed by atoms with Crippen LogP contribution in [0.2, 0.25) is 0 Å². The normalized spacial score (nSPS) is 8.79. The van der Waals surface area contributed by atoms with E-state index < -0.39 is 0 Å². The second kappa shape index (κ2) is 16.4. The third-order valence-corrected chi connectivity index (χ3v) is 3.29. The first kappa shape index (κ1) is 25.2. The largest absolute Gasteiger partial charge is 0.264 e. The fraction of sp³-hybridized carbons (Fsp3) is 0.320. The van der Waals surface area contributed by atoms with E-state index >= 15 is 0 Å². The standard InChI is InChI=1S/C8H9N.2C7H9N.C3H8/c1-3-8-5-4-7(2)6-9-8;1-6-3-7(2)5-8-4-6;1-2-7-4-3-5-8-6-7;1-3-2/h3-6H,1H2,2H3;3-5H,1-2H3;3-6H,2H2,1H3;3H2,1-2H3. The van der Waals surface area contributed by atoms with Crippen LogP contribution >= 0.6 is 0 Å². The molecule has 3 heteroatoms. The van der Waals surface area contributed by atoms with Crippen LogP contribution in [0.3, 0.4) is 0 Å². The Hall–Kier alpha value is -2.81. The van der Waals surface area contributed by atoms with Crippen LogP contribution in [0, 0.1) is 20.8 Å². The first-order valence-corrected chi connectivity index (χ1v) is 9.78. The molecule has 0 unspecified atom stereocenters. The molecule has 150 valence electrons. The van der Waals surface area contributed by atoms with Gasteiger partial charge in [-0.15, -0.1) is 0 Å². The lowest BCUT2D eigenvalue weighted by Crippen LogP contribution is -1.78. The molecule has 0 radical (unpaired) electrons. The van der Waals surface area contributed by atoms with Crippen LogP contribution in [0.25, 0.3) is 6.08 Å². The van der Waals surface area contributed by atoms with Gasteiger partial charge in [-0.2, -0.15) is 0 Å². The summed E-state index contributed by atoms with van der Waals surface area (Å²) in [6.45, 7) is 16.1. The molecule has 3 nitrogen and oxygen atoms in total. The molecule has 0 atom stereocenters. The minimum Gasteiger partial charge on any atom is -0.264 e. The summed E-state index contributed by atoms with van der Waals surface area (Å²) in [4.78, 5) is 12.0. The van der Waals surface area contributed by atoms with E-state index in [0.717, 1.165) is 12.1 Å². The highest BCUT2D eigenvalue weighted by molar-refractivity contribution is 5.41. The minimum absolute atomic E-state index is 0.931. The quantitative estimate of drug-likeness (QED) is 0.493. The SMILES string of the molecule is C=Cc1ccc(C)cn1.CCC.CCc1cccnc1.Cc1cncc(C)c1. The van der Waals surface area contributed by atoms with Crippen molar-refractivity contribution in [2.75, 3.05) is 0 Å². The van der Waals surface area contributed by atoms with Gasteiger partial charge < -0.3 is 0 Å². The van der Waals surface area contributed by atoms with Gasteiger partial charge in [0.05, 0.1) is 5.69 Å². The zero-order chi connectivity index (χ0) is 21.2. The number of hydrogen-bond donors (Lipinski definition) is 0. The summed E-state index contributed by atoms with van der Waals surface area (Å²) in [6.07, 6.45) is 13.3. The van der Waals surface area contributed by atoms with Gasteiger partial charge in [0.2, 0.25) is 0 Å². The van der Waals surface area contributed by atoms with E-state index in [-0.39, 0.29) is 0 Å². The maximum absolute atomic E-state index is 4.08. The van der Waals surface area contributed by atoms with Crippen molar-refractivity contribution in [3.8, 4) is 0 Å². The van der Waals surface area contributed by atoms with Crippen LogP contribution in [0.4, 0.5) is 0 Å². The molecule has 28 heavy (non-hydrogen) atoms. The van der Waals surface area contributed by atoms with Gasteiger partial charge in [-0.05, 0) is 67.7 Å². The summed E-state index contributed by atoms with van der Waals surface area (Å²) >= 11 is 0. The van der Waals surface area contributed by atoms with Gasteiger partial charge in [0.15, 0.2) is 0 Å². The molecule has 0 saturated heterocycles. The Labute approximate surface area is 171 Å². The summed E-state index contributed by atoms with van der Waals surface area (Å²) < 4.78 is 0. The van der Waals surface area contributed by atoms with Crippen molar-refractivity contribution in [2.24, 2.45) is 0 Å². The number of nitrogens with zero attached hydrogens (tertiary/aromatic N) is 3. The third kappa shape index (κ3) is 13.4. The van der Waals surface area contributed by atoms with Crippen molar-refractivity contribution < 1.29 is 0 Å².